The van der Waals surface area contributed by atoms with E-state index < -0.39 is 15.4 Å². The van der Waals surface area contributed by atoms with Crippen LogP contribution in [0, 0.1) is 0 Å². The highest BCUT2D eigenvalue weighted by atomic mass is 29.3. The Morgan fingerprint density at radius 3 is 1.77 bits per heavy atom. The highest BCUT2D eigenvalue weighted by Gasteiger charge is 2.41. The van der Waals surface area contributed by atoms with E-state index in [1.165, 1.54) is 5.19 Å². The summed E-state index contributed by atoms with van der Waals surface area (Å²) in [5, 5.41) is 1.18. The predicted octanol–water partition coefficient (Wildman–Crippen LogP) is 1.88. The van der Waals surface area contributed by atoms with Crippen molar-refractivity contribution in [2.24, 2.45) is 0 Å². The van der Waals surface area contributed by atoms with Crippen LogP contribution in [0.4, 0.5) is 0 Å². The van der Waals surface area contributed by atoms with Crippen molar-refractivity contribution in [1.29, 1.82) is 0 Å². The van der Waals surface area contributed by atoms with Gasteiger partial charge < -0.3 is 4.80 Å². The lowest BCUT2D eigenvalue weighted by Crippen LogP contribution is -2.63. The van der Waals surface area contributed by atoms with E-state index in [0.29, 0.717) is 0 Å². The summed E-state index contributed by atoms with van der Waals surface area (Å²) in [7, 11) is -3.57. The summed E-state index contributed by atoms with van der Waals surface area (Å²) in [5.74, 6) is 0. The minimum absolute atomic E-state index is 1.18. The molecule has 1 unspecified atom stereocenters. The van der Waals surface area contributed by atoms with Gasteiger partial charge in [-0.15, -0.1) is 0 Å². The van der Waals surface area contributed by atoms with Gasteiger partial charge in [0.2, 0.25) is 7.83 Å². The highest BCUT2D eigenvalue weighted by molar-refractivity contribution is 7.42. The molecule has 0 fully saturated rings. The SMILES string of the molecule is C[Si](C)(C)[Si](C)(O)c1ccccc1. The molecule has 13 heavy (non-hydrogen) atoms. The smallest absolute Gasteiger partial charge is 0.202 e. The molecule has 0 aliphatic carbocycles. The van der Waals surface area contributed by atoms with Crippen molar-refractivity contribution in [2.75, 3.05) is 0 Å². The fourth-order valence-electron chi connectivity index (χ4n) is 1.20. The lowest BCUT2D eigenvalue weighted by Gasteiger charge is -2.33. The maximum absolute atomic E-state index is 10.5. The molecular weight excluding hydrogens is 192 g/mol. The molecule has 0 spiro atoms. The minimum atomic E-state index is -2.14. The van der Waals surface area contributed by atoms with Gasteiger partial charge in [0.25, 0.3) is 0 Å². The summed E-state index contributed by atoms with van der Waals surface area (Å²) in [6, 6.07) is 10.1. The molecule has 0 aliphatic rings. The van der Waals surface area contributed by atoms with Crippen LogP contribution in [-0.2, 0) is 0 Å². The van der Waals surface area contributed by atoms with E-state index in [0.717, 1.165) is 0 Å². The molecule has 0 bridgehead atoms. The predicted molar refractivity (Wildman–Crippen MR) is 63.3 cm³/mol. The molecule has 1 rings (SSSR count). The van der Waals surface area contributed by atoms with E-state index in [1.807, 2.05) is 18.2 Å². The molecule has 1 aromatic carbocycles. The molecule has 0 saturated heterocycles. The molecule has 0 saturated carbocycles. The number of hydrogen-bond donors (Lipinski definition) is 1. The molecule has 1 aromatic rings. The molecule has 1 atom stereocenters. The monoisotopic (exact) mass is 210 g/mol. The van der Waals surface area contributed by atoms with Crippen LogP contribution in [0.5, 0.6) is 0 Å². The Hall–Kier alpha value is -0.386. The van der Waals surface area contributed by atoms with Gasteiger partial charge in [0.15, 0.2) is 0 Å². The van der Waals surface area contributed by atoms with Crippen LogP contribution >= 0.6 is 0 Å². The van der Waals surface area contributed by atoms with Crippen LogP contribution in [-0.4, -0.2) is 20.2 Å². The maximum atomic E-state index is 10.5. The Bertz CT molecular complexity index is 275. The van der Waals surface area contributed by atoms with Crippen molar-refractivity contribution in [2.45, 2.75) is 26.2 Å². The lowest BCUT2D eigenvalue weighted by atomic mass is 10.4. The van der Waals surface area contributed by atoms with Crippen molar-refractivity contribution >= 4 is 20.6 Å². The van der Waals surface area contributed by atoms with Gasteiger partial charge in [-0.25, -0.2) is 0 Å². The summed E-state index contributed by atoms with van der Waals surface area (Å²) < 4.78 is 0. The second-order valence-corrected chi connectivity index (χ2v) is 19.3. The molecule has 0 aliphatic heterocycles. The van der Waals surface area contributed by atoms with Crippen molar-refractivity contribution < 1.29 is 4.80 Å². The first kappa shape index (κ1) is 10.7. The van der Waals surface area contributed by atoms with Crippen molar-refractivity contribution in [3.05, 3.63) is 30.3 Å². The largest absolute Gasteiger partial charge is 0.430 e. The van der Waals surface area contributed by atoms with Gasteiger partial charge >= 0.3 is 0 Å². The Labute approximate surface area is 82.4 Å². The van der Waals surface area contributed by atoms with E-state index >= 15 is 0 Å². The standard InChI is InChI=1S/C10H18OSi2/c1-12(2,3)13(4,11)10-8-6-5-7-9-10/h5-9,11H,1-4H3. The molecule has 3 heteroatoms. The van der Waals surface area contributed by atoms with Gasteiger partial charge in [0, 0.05) is 0 Å². The molecular formula is C10H18OSi2. The third kappa shape index (κ3) is 2.10. The van der Waals surface area contributed by atoms with Gasteiger partial charge in [0.1, 0.15) is 0 Å². The van der Waals surface area contributed by atoms with Gasteiger partial charge in [0.05, 0.1) is 7.59 Å². The van der Waals surface area contributed by atoms with Crippen LogP contribution in [0.1, 0.15) is 0 Å². The average Bonchev–Trinajstić information content (AvgIpc) is 2.04. The van der Waals surface area contributed by atoms with Gasteiger partial charge in [-0.05, 0) is 11.7 Å². The van der Waals surface area contributed by atoms with E-state index in [1.54, 1.807) is 0 Å². The van der Waals surface area contributed by atoms with E-state index in [-0.39, 0.29) is 0 Å². The van der Waals surface area contributed by atoms with E-state index in [2.05, 4.69) is 38.3 Å². The molecule has 0 heterocycles. The van der Waals surface area contributed by atoms with E-state index in [4.69, 9.17) is 0 Å². The summed E-state index contributed by atoms with van der Waals surface area (Å²) in [6.45, 7) is 8.79. The fraction of sp³-hybridized carbons (Fsp3) is 0.400. The van der Waals surface area contributed by atoms with Crippen molar-refractivity contribution in [3.8, 4) is 0 Å². The first-order valence-electron chi connectivity index (χ1n) is 4.63. The van der Waals surface area contributed by atoms with Crippen molar-refractivity contribution in [1.82, 2.24) is 0 Å². The Morgan fingerprint density at radius 2 is 1.38 bits per heavy atom. The van der Waals surface area contributed by atoms with Crippen LogP contribution in [0.25, 0.3) is 0 Å². The van der Waals surface area contributed by atoms with Crippen LogP contribution < -0.4 is 5.19 Å². The quantitative estimate of drug-likeness (QED) is 0.739. The van der Waals surface area contributed by atoms with E-state index in [9.17, 15) is 4.80 Å². The molecule has 0 amide bonds. The molecule has 0 radical (unpaired) electrons. The lowest BCUT2D eigenvalue weighted by molar-refractivity contribution is 0.580. The maximum Gasteiger partial charge on any atom is 0.202 e. The zero-order valence-electron chi connectivity index (χ0n) is 8.83. The first-order chi connectivity index (χ1) is 5.86. The third-order valence-corrected chi connectivity index (χ3v) is 16.8. The van der Waals surface area contributed by atoms with Gasteiger partial charge in [-0.2, -0.15) is 0 Å². The van der Waals surface area contributed by atoms with Crippen LogP contribution in [0.15, 0.2) is 30.3 Å². The topological polar surface area (TPSA) is 20.2 Å². The molecule has 1 nitrogen and oxygen atoms in total. The molecule has 1 N–H and O–H groups in total. The normalized spacial score (nSPS) is 16.7. The summed E-state index contributed by atoms with van der Waals surface area (Å²) in [6.07, 6.45) is 0. The average molecular weight is 210 g/mol. The fourth-order valence-corrected chi connectivity index (χ4v) is 6.00. The Kier molecular flexibility index (Phi) is 2.80. The van der Waals surface area contributed by atoms with Crippen molar-refractivity contribution in [3.63, 3.8) is 0 Å². The number of benzene rings is 1. The number of hydrogen-bond acceptors (Lipinski definition) is 1. The Morgan fingerprint density at radius 1 is 0.923 bits per heavy atom. The first-order valence-corrected chi connectivity index (χ1v) is 11.6. The van der Waals surface area contributed by atoms with Crippen LogP contribution in [0.2, 0.25) is 26.2 Å². The second-order valence-electron chi connectivity index (χ2n) is 4.69. The zero-order chi connectivity index (χ0) is 10.1. The summed E-state index contributed by atoms with van der Waals surface area (Å²) >= 11 is 0. The molecule has 0 aromatic heterocycles. The second kappa shape index (κ2) is 3.40. The third-order valence-electron chi connectivity index (χ3n) is 2.80. The summed E-state index contributed by atoms with van der Waals surface area (Å²) in [4.78, 5) is 10.5. The van der Waals surface area contributed by atoms with Gasteiger partial charge in [-0.3, -0.25) is 0 Å². The highest BCUT2D eigenvalue weighted by Crippen LogP contribution is 2.15. The van der Waals surface area contributed by atoms with Gasteiger partial charge in [-0.1, -0.05) is 50.0 Å². The number of rotatable bonds is 2. The minimum Gasteiger partial charge on any atom is -0.430 e. The van der Waals surface area contributed by atoms with Crippen LogP contribution in [0.3, 0.4) is 0 Å². The Balaban J connectivity index is 3.08. The zero-order valence-corrected chi connectivity index (χ0v) is 10.8. The summed E-state index contributed by atoms with van der Waals surface area (Å²) in [5.41, 5.74) is 0. The molecule has 72 valence electrons.